The van der Waals surface area contributed by atoms with Crippen molar-refractivity contribution in [1.29, 1.82) is 0 Å². The van der Waals surface area contributed by atoms with Crippen molar-refractivity contribution < 1.29 is 23.3 Å². The third-order valence-electron chi connectivity index (χ3n) is 3.66. The highest BCUT2D eigenvalue weighted by molar-refractivity contribution is 6.00. The molecule has 138 valence electrons. The van der Waals surface area contributed by atoms with Crippen molar-refractivity contribution in [3.8, 4) is 0 Å². The van der Waals surface area contributed by atoms with Crippen molar-refractivity contribution >= 4 is 17.5 Å². The molecule has 0 radical (unpaired) electrons. The molecule has 0 fully saturated rings. The van der Waals surface area contributed by atoms with E-state index in [1.54, 1.807) is 24.3 Å². The molecule has 0 saturated heterocycles. The summed E-state index contributed by atoms with van der Waals surface area (Å²) in [4.78, 5) is 35.1. The number of nitro benzene ring substituents is 1. The van der Waals surface area contributed by atoms with Gasteiger partial charge in [0.25, 0.3) is 17.5 Å². The van der Waals surface area contributed by atoms with Crippen LogP contribution in [0.5, 0.6) is 0 Å². The monoisotopic (exact) mass is 369 g/mol. The SMILES string of the molecule is O=C(NCc1ccco1)c1cc(C(=O)NCc2ccco2)cc([N+](=O)[O-])c1. The van der Waals surface area contributed by atoms with Gasteiger partial charge in [-0.3, -0.25) is 19.7 Å². The number of non-ortho nitro benzene ring substituents is 1. The molecule has 9 heteroatoms. The molecule has 2 amide bonds. The Bertz CT molecular complexity index is 879. The maximum atomic E-state index is 12.3. The maximum Gasteiger partial charge on any atom is 0.271 e. The van der Waals surface area contributed by atoms with Crippen LogP contribution in [0.2, 0.25) is 0 Å². The van der Waals surface area contributed by atoms with Crippen LogP contribution in [0, 0.1) is 10.1 Å². The molecule has 3 aromatic rings. The summed E-state index contributed by atoms with van der Waals surface area (Å²) in [5.74, 6) is -0.0549. The normalized spacial score (nSPS) is 10.4. The van der Waals surface area contributed by atoms with Crippen LogP contribution in [-0.2, 0) is 13.1 Å². The average molecular weight is 369 g/mol. The van der Waals surface area contributed by atoms with Gasteiger partial charge in [-0.05, 0) is 30.3 Å². The van der Waals surface area contributed by atoms with Gasteiger partial charge in [0.1, 0.15) is 11.5 Å². The minimum atomic E-state index is -0.660. The van der Waals surface area contributed by atoms with E-state index in [-0.39, 0.29) is 29.9 Å². The molecular weight excluding hydrogens is 354 g/mol. The zero-order valence-electron chi connectivity index (χ0n) is 14.0. The van der Waals surface area contributed by atoms with Gasteiger partial charge >= 0.3 is 0 Å². The first-order valence-corrected chi connectivity index (χ1v) is 7.93. The van der Waals surface area contributed by atoms with Crippen LogP contribution in [0.15, 0.2) is 63.8 Å². The Morgan fingerprint density at radius 2 is 1.37 bits per heavy atom. The lowest BCUT2D eigenvalue weighted by atomic mass is 10.1. The third-order valence-corrected chi connectivity index (χ3v) is 3.66. The van der Waals surface area contributed by atoms with Gasteiger partial charge in [0.2, 0.25) is 0 Å². The third kappa shape index (κ3) is 4.60. The number of nitrogens with one attached hydrogen (secondary N) is 2. The molecule has 1 aromatic carbocycles. The van der Waals surface area contributed by atoms with Crippen molar-refractivity contribution in [1.82, 2.24) is 10.6 Å². The second-order valence-electron chi connectivity index (χ2n) is 5.55. The molecule has 0 saturated carbocycles. The van der Waals surface area contributed by atoms with E-state index in [9.17, 15) is 19.7 Å². The molecule has 0 aliphatic heterocycles. The Morgan fingerprint density at radius 1 is 0.889 bits per heavy atom. The predicted molar refractivity (Wildman–Crippen MR) is 92.9 cm³/mol. The molecule has 2 aromatic heterocycles. The minimum absolute atomic E-state index is 0.00101. The van der Waals surface area contributed by atoms with Gasteiger partial charge in [-0.25, -0.2) is 0 Å². The fourth-order valence-electron chi connectivity index (χ4n) is 2.34. The van der Waals surface area contributed by atoms with E-state index < -0.39 is 16.7 Å². The van der Waals surface area contributed by atoms with Gasteiger partial charge in [0, 0.05) is 23.3 Å². The standard InChI is InChI=1S/C18H15N3O6/c22-17(19-10-15-3-1-5-26-15)12-7-13(9-14(8-12)21(24)25)18(23)20-11-16-4-2-6-27-16/h1-9H,10-11H2,(H,19,22)(H,20,23). The Morgan fingerprint density at radius 3 is 1.74 bits per heavy atom. The number of furan rings is 2. The number of nitrogens with zero attached hydrogens (tertiary/aromatic N) is 1. The molecular formula is C18H15N3O6. The summed E-state index contributed by atoms with van der Waals surface area (Å²) in [6, 6.07) is 10.2. The van der Waals surface area contributed by atoms with Crippen LogP contribution in [0.3, 0.4) is 0 Å². The Balaban J connectivity index is 1.76. The zero-order valence-corrected chi connectivity index (χ0v) is 14.0. The lowest BCUT2D eigenvalue weighted by molar-refractivity contribution is -0.384. The highest BCUT2D eigenvalue weighted by Crippen LogP contribution is 2.18. The number of carbonyl (C=O) groups excluding carboxylic acids is 2. The van der Waals surface area contributed by atoms with E-state index in [0.29, 0.717) is 11.5 Å². The molecule has 0 aliphatic rings. The maximum absolute atomic E-state index is 12.3. The Labute approximate surface area is 153 Å². The van der Waals surface area contributed by atoms with E-state index in [1.165, 1.54) is 18.6 Å². The lowest BCUT2D eigenvalue weighted by Crippen LogP contribution is -2.25. The van der Waals surface area contributed by atoms with Gasteiger partial charge in [-0.1, -0.05) is 0 Å². The van der Waals surface area contributed by atoms with Crippen molar-refractivity contribution in [2.45, 2.75) is 13.1 Å². The van der Waals surface area contributed by atoms with Gasteiger partial charge in [-0.2, -0.15) is 0 Å². The molecule has 3 rings (SSSR count). The zero-order chi connectivity index (χ0) is 19.2. The van der Waals surface area contributed by atoms with Crippen LogP contribution in [0.1, 0.15) is 32.2 Å². The van der Waals surface area contributed by atoms with Crippen LogP contribution in [-0.4, -0.2) is 16.7 Å². The molecule has 0 aliphatic carbocycles. The molecule has 0 bridgehead atoms. The molecule has 27 heavy (non-hydrogen) atoms. The topological polar surface area (TPSA) is 128 Å². The molecule has 0 atom stereocenters. The molecule has 2 N–H and O–H groups in total. The summed E-state index contributed by atoms with van der Waals surface area (Å²) in [6.45, 7) is 0.239. The highest BCUT2D eigenvalue weighted by Gasteiger charge is 2.18. The van der Waals surface area contributed by atoms with Gasteiger partial charge in [0.05, 0.1) is 30.5 Å². The summed E-state index contributed by atoms with van der Waals surface area (Å²) in [6.07, 6.45) is 2.94. The lowest BCUT2D eigenvalue weighted by Gasteiger charge is -2.07. The van der Waals surface area contributed by atoms with Crippen LogP contribution in [0.25, 0.3) is 0 Å². The summed E-state index contributed by atoms with van der Waals surface area (Å²) in [7, 11) is 0. The first kappa shape index (κ1) is 17.9. The molecule has 9 nitrogen and oxygen atoms in total. The quantitative estimate of drug-likeness (QED) is 0.487. The van der Waals surface area contributed by atoms with E-state index in [1.807, 2.05) is 0 Å². The number of hydrogen-bond acceptors (Lipinski definition) is 6. The van der Waals surface area contributed by atoms with Crippen LogP contribution in [0.4, 0.5) is 5.69 Å². The van der Waals surface area contributed by atoms with Gasteiger partial charge < -0.3 is 19.5 Å². The first-order valence-electron chi connectivity index (χ1n) is 7.93. The number of hydrogen-bond donors (Lipinski definition) is 2. The van der Waals surface area contributed by atoms with E-state index in [4.69, 9.17) is 8.83 Å². The number of rotatable bonds is 7. The second kappa shape index (κ2) is 8.00. The van der Waals surface area contributed by atoms with Crippen LogP contribution >= 0.6 is 0 Å². The fraction of sp³-hybridized carbons (Fsp3) is 0.111. The number of amides is 2. The summed E-state index contributed by atoms with van der Waals surface area (Å²) < 4.78 is 10.2. The molecule has 0 spiro atoms. The average Bonchev–Trinajstić information content (AvgIpc) is 3.37. The number of carbonyl (C=O) groups is 2. The molecule has 0 unspecified atom stereocenters. The summed E-state index contributed by atoms with van der Waals surface area (Å²) >= 11 is 0. The van der Waals surface area contributed by atoms with Gasteiger partial charge in [-0.15, -0.1) is 0 Å². The Hall–Kier alpha value is -3.88. The summed E-state index contributed by atoms with van der Waals surface area (Å²) in [5.41, 5.74) is -0.360. The highest BCUT2D eigenvalue weighted by atomic mass is 16.6. The van der Waals surface area contributed by atoms with Crippen molar-refractivity contribution in [2.75, 3.05) is 0 Å². The van der Waals surface area contributed by atoms with E-state index in [2.05, 4.69) is 10.6 Å². The van der Waals surface area contributed by atoms with Gasteiger partial charge in [0.15, 0.2) is 0 Å². The minimum Gasteiger partial charge on any atom is -0.467 e. The Kier molecular flexibility index (Phi) is 5.31. The predicted octanol–water partition coefficient (Wildman–Crippen LogP) is 2.64. The van der Waals surface area contributed by atoms with E-state index in [0.717, 1.165) is 12.1 Å². The smallest absolute Gasteiger partial charge is 0.271 e. The largest absolute Gasteiger partial charge is 0.467 e. The molecule has 2 heterocycles. The first-order chi connectivity index (χ1) is 13.0. The van der Waals surface area contributed by atoms with Crippen molar-refractivity contribution in [3.63, 3.8) is 0 Å². The van der Waals surface area contributed by atoms with Crippen LogP contribution < -0.4 is 10.6 Å². The summed E-state index contributed by atoms with van der Waals surface area (Å²) in [5, 5.41) is 16.3. The number of nitro groups is 1. The van der Waals surface area contributed by atoms with Crippen molar-refractivity contribution in [2.24, 2.45) is 0 Å². The fourth-order valence-corrected chi connectivity index (χ4v) is 2.34. The van der Waals surface area contributed by atoms with Crippen molar-refractivity contribution in [3.05, 3.63) is 87.8 Å². The number of benzene rings is 1. The van der Waals surface area contributed by atoms with E-state index >= 15 is 0 Å². The second-order valence-corrected chi connectivity index (χ2v) is 5.55.